The molecule has 4 aromatic rings. The van der Waals surface area contributed by atoms with Crippen molar-refractivity contribution in [1.82, 2.24) is 9.79 Å². The van der Waals surface area contributed by atoms with Gasteiger partial charge in [-0.05, 0) is 64.9 Å². The van der Waals surface area contributed by atoms with Gasteiger partial charge in [0, 0.05) is 6.54 Å². The van der Waals surface area contributed by atoms with Crippen molar-refractivity contribution in [2.24, 2.45) is 5.92 Å². The summed E-state index contributed by atoms with van der Waals surface area (Å²) in [7, 11) is -4.07. The number of hydroxylamine groups is 1. The number of nitrogens with one attached hydrogen (secondary N) is 1. The predicted molar refractivity (Wildman–Crippen MR) is 152 cm³/mol. The van der Waals surface area contributed by atoms with E-state index in [1.54, 1.807) is 47.9 Å². The maximum Gasteiger partial charge on any atom is 0.262 e. The SMILES string of the molecule is CC(C)CCN([C@H](Cc1ccc(OCc2ccccc2)cc1)C(=O)NO)S(=O)(=O)c1ccc2ccccc2c1. The largest absolute Gasteiger partial charge is 0.489 e. The average molecular weight is 547 g/mol. The fraction of sp³-hybridized carbons (Fsp3) is 0.258. The molecule has 0 fully saturated rings. The summed E-state index contributed by atoms with van der Waals surface area (Å²) in [5.41, 5.74) is 3.46. The molecule has 39 heavy (non-hydrogen) atoms. The van der Waals surface area contributed by atoms with Crippen molar-refractivity contribution in [1.29, 1.82) is 0 Å². The fourth-order valence-electron chi connectivity index (χ4n) is 4.38. The number of benzene rings is 4. The lowest BCUT2D eigenvalue weighted by atomic mass is 10.0. The van der Waals surface area contributed by atoms with Crippen molar-refractivity contribution in [3.8, 4) is 5.75 Å². The van der Waals surface area contributed by atoms with Crippen LogP contribution in [-0.2, 0) is 27.8 Å². The van der Waals surface area contributed by atoms with E-state index in [2.05, 4.69) is 0 Å². The molecule has 0 saturated carbocycles. The third-order valence-electron chi connectivity index (χ3n) is 6.62. The van der Waals surface area contributed by atoms with Crippen LogP contribution in [0.4, 0.5) is 0 Å². The molecule has 204 valence electrons. The van der Waals surface area contributed by atoms with Gasteiger partial charge < -0.3 is 4.74 Å². The topological polar surface area (TPSA) is 95.9 Å². The highest BCUT2D eigenvalue weighted by atomic mass is 32.2. The first-order chi connectivity index (χ1) is 18.8. The van der Waals surface area contributed by atoms with E-state index in [0.29, 0.717) is 18.8 Å². The Bertz CT molecular complexity index is 1490. The summed E-state index contributed by atoms with van der Waals surface area (Å²) in [6.07, 6.45) is 0.630. The lowest BCUT2D eigenvalue weighted by Gasteiger charge is -2.30. The normalized spacial score (nSPS) is 12.5. The van der Waals surface area contributed by atoms with Crippen molar-refractivity contribution in [2.75, 3.05) is 6.54 Å². The molecule has 0 bridgehead atoms. The third kappa shape index (κ3) is 7.23. The monoisotopic (exact) mass is 546 g/mol. The molecule has 4 rings (SSSR count). The smallest absolute Gasteiger partial charge is 0.262 e. The number of hydrogen-bond acceptors (Lipinski definition) is 5. The number of carbonyl (C=O) groups is 1. The molecule has 4 aromatic carbocycles. The zero-order valence-corrected chi connectivity index (χ0v) is 23.0. The molecule has 0 unspecified atom stereocenters. The van der Waals surface area contributed by atoms with Crippen LogP contribution in [0.15, 0.2) is 102 Å². The molecule has 0 aliphatic heterocycles. The second-order valence-electron chi connectivity index (χ2n) is 9.92. The van der Waals surface area contributed by atoms with Gasteiger partial charge >= 0.3 is 0 Å². The van der Waals surface area contributed by atoms with Crippen molar-refractivity contribution in [3.05, 3.63) is 108 Å². The van der Waals surface area contributed by atoms with Crippen LogP contribution in [0.3, 0.4) is 0 Å². The Labute approximate surface area is 230 Å². The highest BCUT2D eigenvalue weighted by Gasteiger charge is 2.36. The van der Waals surface area contributed by atoms with Gasteiger partial charge in [-0.1, -0.05) is 86.6 Å². The van der Waals surface area contributed by atoms with Crippen LogP contribution in [0, 0.1) is 5.92 Å². The first kappa shape index (κ1) is 28.3. The van der Waals surface area contributed by atoms with Gasteiger partial charge in [-0.2, -0.15) is 4.31 Å². The number of fused-ring (bicyclic) bond motifs is 1. The summed E-state index contributed by atoms with van der Waals surface area (Å²) in [6.45, 7) is 4.54. The molecule has 1 atom stereocenters. The van der Waals surface area contributed by atoms with Crippen LogP contribution in [0.1, 0.15) is 31.4 Å². The minimum atomic E-state index is -4.07. The maximum atomic E-state index is 14.0. The minimum absolute atomic E-state index is 0.0796. The molecule has 0 aromatic heterocycles. The zero-order valence-electron chi connectivity index (χ0n) is 22.2. The van der Waals surface area contributed by atoms with E-state index in [0.717, 1.165) is 21.9 Å². The van der Waals surface area contributed by atoms with Gasteiger partial charge in [-0.25, -0.2) is 13.9 Å². The summed E-state index contributed by atoms with van der Waals surface area (Å²) in [4.78, 5) is 13.0. The molecule has 0 radical (unpaired) electrons. The third-order valence-corrected chi connectivity index (χ3v) is 8.52. The molecule has 8 heteroatoms. The summed E-state index contributed by atoms with van der Waals surface area (Å²) in [6, 6.07) is 28.3. The van der Waals surface area contributed by atoms with Crippen molar-refractivity contribution >= 4 is 26.7 Å². The Morgan fingerprint density at radius 2 is 1.54 bits per heavy atom. The summed E-state index contributed by atoms with van der Waals surface area (Å²) in [5, 5.41) is 11.3. The number of carbonyl (C=O) groups excluding carboxylic acids is 1. The van der Waals surface area contributed by atoms with Gasteiger partial charge in [0.1, 0.15) is 18.4 Å². The number of ether oxygens (including phenoxy) is 1. The molecule has 0 spiro atoms. The lowest BCUT2D eigenvalue weighted by Crippen LogP contribution is -2.50. The highest BCUT2D eigenvalue weighted by molar-refractivity contribution is 7.89. The zero-order chi connectivity index (χ0) is 27.8. The Balaban J connectivity index is 1.60. The van der Waals surface area contributed by atoms with E-state index in [9.17, 15) is 18.4 Å². The molecule has 7 nitrogen and oxygen atoms in total. The molecular weight excluding hydrogens is 512 g/mol. The highest BCUT2D eigenvalue weighted by Crippen LogP contribution is 2.26. The van der Waals surface area contributed by atoms with Gasteiger partial charge in [0.25, 0.3) is 5.91 Å². The van der Waals surface area contributed by atoms with Gasteiger partial charge in [0.2, 0.25) is 10.0 Å². The van der Waals surface area contributed by atoms with E-state index < -0.39 is 22.0 Å². The molecule has 0 aliphatic carbocycles. The molecule has 0 saturated heterocycles. The summed E-state index contributed by atoms with van der Waals surface area (Å²) < 4.78 is 35.0. The second kappa shape index (κ2) is 12.9. The first-order valence-corrected chi connectivity index (χ1v) is 14.4. The first-order valence-electron chi connectivity index (χ1n) is 13.0. The minimum Gasteiger partial charge on any atom is -0.489 e. The second-order valence-corrected chi connectivity index (χ2v) is 11.8. The van der Waals surface area contributed by atoms with Gasteiger partial charge in [0.15, 0.2) is 0 Å². The predicted octanol–water partition coefficient (Wildman–Crippen LogP) is 5.57. The number of hydrogen-bond donors (Lipinski definition) is 2. The number of rotatable bonds is 12. The Morgan fingerprint density at radius 3 is 2.21 bits per heavy atom. The molecule has 1 amide bonds. The van der Waals surface area contributed by atoms with E-state index >= 15 is 0 Å². The van der Waals surface area contributed by atoms with Crippen LogP contribution in [-0.4, -0.2) is 36.4 Å². The quantitative estimate of drug-likeness (QED) is 0.179. The molecular formula is C31H34N2O5S. The van der Waals surface area contributed by atoms with E-state index in [4.69, 9.17) is 4.74 Å². The lowest BCUT2D eigenvalue weighted by molar-refractivity contribution is -0.133. The van der Waals surface area contributed by atoms with Gasteiger partial charge in [-0.15, -0.1) is 0 Å². The van der Waals surface area contributed by atoms with Crippen LogP contribution in [0.2, 0.25) is 0 Å². The van der Waals surface area contributed by atoms with Gasteiger partial charge in [-0.3, -0.25) is 10.0 Å². The van der Waals surface area contributed by atoms with Crippen molar-refractivity contribution in [3.63, 3.8) is 0 Å². The maximum absolute atomic E-state index is 14.0. The fourth-order valence-corrected chi connectivity index (χ4v) is 6.02. The number of nitrogens with zero attached hydrogens (tertiary/aromatic N) is 1. The summed E-state index contributed by atoms with van der Waals surface area (Å²) in [5.74, 6) is 0.0805. The Morgan fingerprint density at radius 1 is 0.872 bits per heavy atom. The van der Waals surface area contributed by atoms with Crippen LogP contribution < -0.4 is 10.2 Å². The Hall–Kier alpha value is -3.72. The van der Waals surface area contributed by atoms with Gasteiger partial charge in [0.05, 0.1) is 4.90 Å². The summed E-state index contributed by atoms with van der Waals surface area (Å²) >= 11 is 0. The van der Waals surface area contributed by atoms with E-state index in [-0.39, 0.29) is 23.8 Å². The van der Waals surface area contributed by atoms with E-state index in [1.807, 2.05) is 68.4 Å². The number of amides is 1. The van der Waals surface area contributed by atoms with Crippen molar-refractivity contribution < 1.29 is 23.2 Å². The average Bonchev–Trinajstić information content (AvgIpc) is 2.95. The standard InChI is InChI=1S/C31H34N2O5S/c1-23(2)18-19-33(39(36,37)29-17-14-26-10-6-7-11-27(26)21-29)30(31(34)32-35)20-24-12-15-28(16-13-24)38-22-25-8-4-3-5-9-25/h3-17,21,23,30,35H,18-20,22H2,1-2H3,(H,32,34)/t30-/m1/s1. The molecule has 0 heterocycles. The van der Waals surface area contributed by atoms with Crippen LogP contribution in [0.25, 0.3) is 10.8 Å². The molecule has 2 N–H and O–H groups in total. The van der Waals surface area contributed by atoms with Crippen LogP contribution >= 0.6 is 0 Å². The van der Waals surface area contributed by atoms with Crippen LogP contribution in [0.5, 0.6) is 5.75 Å². The molecule has 0 aliphatic rings. The van der Waals surface area contributed by atoms with E-state index in [1.165, 1.54) is 4.31 Å². The number of sulfonamides is 1. The van der Waals surface area contributed by atoms with Crippen molar-refractivity contribution in [2.45, 2.75) is 44.2 Å². The Kier molecular flexibility index (Phi) is 9.35.